The molecule has 0 spiro atoms. The zero-order chi connectivity index (χ0) is 27.6. The SMILES string of the molecule is CCCCCCc1ccc(/C=C/c2c3ncsc3c(/C=C/c3ccc(CCCCCC)cc3)c3ncsc23)cc1. The highest BCUT2D eigenvalue weighted by Crippen LogP contribution is 2.38. The fourth-order valence-corrected chi connectivity index (χ4v) is 6.90. The summed E-state index contributed by atoms with van der Waals surface area (Å²) in [4.78, 5) is 9.61. The number of rotatable bonds is 14. The van der Waals surface area contributed by atoms with Gasteiger partial charge in [-0.15, -0.1) is 22.7 Å². The Balaban J connectivity index is 1.35. The summed E-state index contributed by atoms with van der Waals surface area (Å²) in [6.07, 6.45) is 21.7. The molecule has 0 bridgehead atoms. The lowest BCUT2D eigenvalue weighted by Crippen LogP contribution is -1.87. The van der Waals surface area contributed by atoms with Gasteiger partial charge in [0.25, 0.3) is 0 Å². The van der Waals surface area contributed by atoms with Gasteiger partial charge in [-0.05, 0) is 47.9 Å². The Morgan fingerprint density at radius 1 is 0.525 bits per heavy atom. The lowest BCUT2D eigenvalue weighted by atomic mass is 10.0. The van der Waals surface area contributed by atoms with Crippen molar-refractivity contribution in [3.63, 3.8) is 0 Å². The maximum atomic E-state index is 4.80. The van der Waals surface area contributed by atoms with Gasteiger partial charge in [-0.25, -0.2) is 9.97 Å². The molecule has 206 valence electrons. The third kappa shape index (κ3) is 7.16. The van der Waals surface area contributed by atoms with E-state index in [-0.39, 0.29) is 0 Å². The molecular formula is C36H40N2S2. The summed E-state index contributed by atoms with van der Waals surface area (Å²) in [5, 5.41) is 0. The van der Waals surface area contributed by atoms with E-state index in [1.165, 1.54) is 107 Å². The Morgan fingerprint density at radius 3 is 1.35 bits per heavy atom. The van der Waals surface area contributed by atoms with Gasteiger partial charge in [0, 0.05) is 11.1 Å². The molecule has 0 saturated carbocycles. The molecule has 4 heteroatoms. The fourth-order valence-electron chi connectivity index (χ4n) is 5.24. The summed E-state index contributed by atoms with van der Waals surface area (Å²) in [5.41, 5.74) is 13.7. The number of thiazole rings is 2. The van der Waals surface area contributed by atoms with Crippen molar-refractivity contribution >= 4 is 67.4 Å². The molecule has 0 fully saturated rings. The van der Waals surface area contributed by atoms with Gasteiger partial charge in [-0.1, -0.05) is 125 Å². The topological polar surface area (TPSA) is 25.8 Å². The van der Waals surface area contributed by atoms with Crippen LogP contribution in [-0.2, 0) is 12.8 Å². The number of aromatic nitrogens is 2. The number of hydrogen-bond donors (Lipinski definition) is 0. The van der Waals surface area contributed by atoms with Crippen LogP contribution in [0.3, 0.4) is 0 Å². The molecule has 0 unspecified atom stereocenters. The molecule has 2 aromatic heterocycles. The highest BCUT2D eigenvalue weighted by Gasteiger charge is 2.15. The van der Waals surface area contributed by atoms with Crippen LogP contribution in [0.2, 0.25) is 0 Å². The van der Waals surface area contributed by atoms with Crippen LogP contribution < -0.4 is 0 Å². The number of nitrogens with zero attached hydrogens (tertiary/aromatic N) is 2. The highest BCUT2D eigenvalue weighted by molar-refractivity contribution is 7.19. The number of hydrogen-bond acceptors (Lipinski definition) is 4. The first-order chi connectivity index (χ1) is 19.8. The van der Waals surface area contributed by atoms with Gasteiger partial charge >= 0.3 is 0 Å². The predicted molar refractivity (Wildman–Crippen MR) is 179 cm³/mol. The summed E-state index contributed by atoms with van der Waals surface area (Å²) in [6, 6.07) is 18.1. The zero-order valence-electron chi connectivity index (χ0n) is 23.9. The second kappa shape index (κ2) is 14.5. The molecule has 2 heterocycles. The van der Waals surface area contributed by atoms with Crippen LogP contribution in [0.4, 0.5) is 0 Å². The zero-order valence-corrected chi connectivity index (χ0v) is 25.5. The van der Waals surface area contributed by atoms with Gasteiger partial charge in [0.1, 0.15) is 0 Å². The fraction of sp³-hybridized carbons (Fsp3) is 0.333. The maximum absolute atomic E-state index is 4.80. The van der Waals surface area contributed by atoms with Crippen molar-refractivity contribution in [2.75, 3.05) is 0 Å². The number of aryl methyl sites for hydroxylation is 2. The van der Waals surface area contributed by atoms with E-state index in [0.717, 1.165) is 11.0 Å². The standard InChI is InChI=1S/C36H40N2S2/c1-3-5-7-9-11-27-13-17-29(18-14-27)21-23-31-33-36(40-25-37-33)32(34-35(31)39-26-38-34)24-22-30-19-15-28(16-20-30)12-10-8-6-4-2/h13-26H,3-12H2,1-2H3/b23-21+,24-22+. The van der Waals surface area contributed by atoms with Crippen molar-refractivity contribution < 1.29 is 0 Å². The minimum absolute atomic E-state index is 1.06. The Morgan fingerprint density at radius 2 is 0.950 bits per heavy atom. The first-order valence-electron chi connectivity index (χ1n) is 14.9. The normalized spacial score (nSPS) is 12.1. The van der Waals surface area contributed by atoms with E-state index < -0.39 is 0 Å². The van der Waals surface area contributed by atoms with E-state index in [0.29, 0.717) is 0 Å². The summed E-state index contributed by atoms with van der Waals surface area (Å²) in [5.74, 6) is 0. The Hall–Kier alpha value is -3.08. The van der Waals surface area contributed by atoms with E-state index in [9.17, 15) is 0 Å². The average Bonchev–Trinajstić information content (AvgIpc) is 3.67. The van der Waals surface area contributed by atoms with Crippen molar-refractivity contribution in [2.24, 2.45) is 0 Å². The quantitative estimate of drug-likeness (QED) is 0.0990. The molecule has 0 radical (unpaired) electrons. The summed E-state index contributed by atoms with van der Waals surface area (Å²) >= 11 is 3.40. The van der Waals surface area contributed by atoms with Crippen molar-refractivity contribution in [1.82, 2.24) is 9.97 Å². The van der Waals surface area contributed by atoms with Gasteiger partial charge in [0.15, 0.2) is 0 Å². The van der Waals surface area contributed by atoms with E-state index >= 15 is 0 Å². The molecule has 5 aromatic rings. The van der Waals surface area contributed by atoms with E-state index in [1.54, 1.807) is 22.7 Å². The number of unbranched alkanes of at least 4 members (excludes halogenated alkanes) is 6. The van der Waals surface area contributed by atoms with Gasteiger partial charge < -0.3 is 0 Å². The maximum Gasteiger partial charge on any atom is 0.0906 e. The summed E-state index contributed by atoms with van der Waals surface area (Å²) in [6.45, 7) is 4.53. The number of fused-ring (bicyclic) bond motifs is 2. The summed E-state index contributed by atoms with van der Waals surface area (Å²) < 4.78 is 2.40. The Bertz CT molecular complexity index is 1390. The van der Waals surface area contributed by atoms with Crippen LogP contribution in [-0.4, -0.2) is 9.97 Å². The molecule has 0 aliphatic rings. The van der Waals surface area contributed by atoms with E-state index in [1.807, 2.05) is 11.0 Å². The van der Waals surface area contributed by atoms with Crippen LogP contribution in [0, 0.1) is 0 Å². The Labute approximate surface area is 247 Å². The lowest BCUT2D eigenvalue weighted by molar-refractivity contribution is 0.667. The molecule has 0 aliphatic heterocycles. The molecule has 0 aliphatic carbocycles. The number of benzene rings is 3. The van der Waals surface area contributed by atoms with Crippen molar-refractivity contribution in [3.05, 3.63) is 92.9 Å². The first kappa shape index (κ1) is 28.4. The van der Waals surface area contributed by atoms with Crippen LogP contribution in [0.25, 0.3) is 44.7 Å². The molecule has 3 aromatic carbocycles. The average molecular weight is 565 g/mol. The predicted octanol–water partition coefficient (Wildman–Crippen LogP) is 11.5. The minimum atomic E-state index is 1.06. The first-order valence-corrected chi connectivity index (χ1v) is 16.7. The van der Waals surface area contributed by atoms with E-state index in [2.05, 4.69) is 86.7 Å². The van der Waals surface area contributed by atoms with Crippen LogP contribution in [0.15, 0.2) is 59.6 Å². The second-order valence-corrected chi connectivity index (χ2v) is 12.4. The largest absolute Gasteiger partial charge is 0.244 e. The van der Waals surface area contributed by atoms with Gasteiger partial charge in [-0.2, -0.15) is 0 Å². The summed E-state index contributed by atoms with van der Waals surface area (Å²) in [7, 11) is 0. The molecule has 2 nitrogen and oxygen atoms in total. The molecule has 5 rings (SSSR count). The molecule has 0 amide bonds. The minimum Gasteiger partial charge on any atom is -0.244 e. The van der Waals surface area contributed by atoms with Gasteiger partial charge in [-0.3, -0.25) is 0 Å². The monoisotopic (exact) mass is 564 g/mol. The second-order valence-electron chi connectivity index (χ2n) is 10.7. The van der Waals surface area contributed by atoms with Crippen LogP contribution in [0.1, 0.15) is 98.6 Å². The molecule has 0 atom stereocenters. The van der Waals surface area contributed by atoms with Crippen molar-refractivity contribution in [3.8, 4) is 0 Å². The highest BCUT2D eigenvalue weighted by atomic mass is 32.1. The molecule has 40 heavy (non-hydrogen) atoms. The van der Waals surface area contributed by atoms with Gasteiger partial charge in [0.05, 0.1) is 31.5 Å². The van der Waals surface area contributed by atoms with Crippen molar-refractivity contribution in [1.29, 1.82) is 0 Å². The molecular weight excluding hydrogens is 525 g/mol. The van der Waals surface area contributed by atoms with Crippen LogP contribution >= 0.6 is 22.7 Å². The third-order valence-electron chi connectivity index (χ3n) is 7.62. The van der Waals surface area contributed by atoms with Crippen molar-refractivity contribution in [2.45, 2.75) is 78.1 Å². The lowest BCUT2D eigenvalue weighted by Gasteiger charge is -2.05. The molecule has 0 N–H and O–H groups in total. The third-order valence-corrected chi connectivity index (χ3v) is 9.34. The smallest absolute Gasteiger partial charge is 0.0906 e. The van der Waals surface area contributed by atoms with Gasteiger partial charge in [0.2, 0.25) is 0 Å². The Kier molecular flexibility index (Phi) is 10.3. The van der Waals surface area contributed by atoms with Crippen LogP contribution in [0.5, 0.6) is 0 Å². The molecule has 0 saturated heterocycles. The van der Waals surface area contributed by atoms with E-state index in [4.69, 9.17) is 9.97 Å².